The lowest BCUT2D eigenvalue weighted by atomic mass is 9.81. The van der Waals surface area contributed by atoms with E-state index < -0.39 is 0 Å². The molecule has 0 fully saturated rings. The molecule has 4 nitrogen and oxygen atoms in total. The maximum absolute atomic E-state index is 6.55. The van der Waals surface area contributed by atoms with E-state index in [0.29, 0.717) is 11.5 Å². The van der Waals surface area contributed by atoms with Gasteiger partial charge in [-0.25, -0.2) is 9.97 Å². The molecule has 4 heteroatoms. The Bertz CT molecular complexity index is 2710. The zero-order valence-electron chi connectivity index (χ0n) is 26.0. The second-order valence-corrected chi connectivity index (χ2v) is 13.0. The minimum Gasteiger partial charge on any atom is -0.452 e. The van der Waals surface area contributed by atoms with Gasteiger partial charge in [0.05, 0.1) is 11.0 Å². The Labute approximate surface area is 271 Å². The number of benzene rings is 6. The van der Waals surface area contributed by atoms with E-state index in [9.17, 15) is 0 Å². The fraction of sp³-hybridized carbons (Fsp3) is 0.0698. The SMILES string of the molecule is CC1(C)c2ccccc2-c2ccc3c4ccccc4n(-c4nc(-c5cccc(-c6ccccc6)c5)c5oc6ccccc6c5n4)c3c21. The van der Waals surface area contributed by atoms with Crippen LogP contribution in [-0.4, -0.2) is 14.5 Å². The van der Waals surface area contributed by atoms with Crippen molar-refractivity contribution >= 4 is 43.9 Å². The van der Waals surface area contributed by atoms with E-state index in [-0.39, 0.29) is 5.41 Å². The molecule has 0 atom stereocenters. The number of rotatable bonds is 3. The Hall–Kier alpha value is -6.00. The van der Waals surface area contributed by atoms with E-state index in [1.165, 1.54) is 33.0 Å². The molecule has 0 N–H and O–H groups in total. The van der Waals surface area contributed by atoms with Gasteiger partial charge < -0.3 is 4.42 Å². The predicted molar refractivity (Wildman–Crippen MR) is 192 cm³/mol. The van der Waals surface area contributed by atoms with Gasteiger partial charge in [0.25, 0.3) is 0 Å². The molecule has 0 saturated heterocycles. The molecule has 0 amide bonds. The van der Waals surface area contributed by atoms with Crippen molar-refractivity contribution in [2.24, 2.45) is 0 Å². The first-order valence-corrected chi connectivity index (χ1v) is 16.1. The third-order valence-corrected chi connectivity index (χ3v) is 10.0. The third-order valence-electron chi connectivity index (χ3n) is 10.0. The largest absolute Gasteiger partial charge is 0.452 e. The number of fused-ring (bicyclic) bond motifs is 10. The standard InChI is InChI=1S/C43H29N3O/c1-43(2)34-20-9-6-17-29(34)31-23-24-32-30-18-7-10-21-35(30)46(40(32)37(31)43)42-44-38(41-39(45-42)33-19-8-11-22-36(33)47-41)28-16-12-15-27(25-28)26-13-4-3-5-14-26/h3-25H,1-2H3. The van der Waals surface area contributed by atoms with Gasteiger partial charge >= 0.3 is 0 Å². The molecule has 0 aliphatic heterocycles. The second-order valence-electron chi connectivity index (χ2n) is 13.0. The molecular formula is C43H29N3O. The fourth-order valence-corrected chi connectivity index (χ4v) is 7.87. The molecule has 10 rings (SSSR count). The first-order chi connectivity index (χ1) is 23.1. The number of furan rings is 1. The average Bonchev–Trinajstić information content (AvgIpc) is 3.74. The third kappa shape index (κ3) is 3.64. The van der Waals surface area contributed by atoms with Gasteiger partial charge in [-0.1, -0.05) is 129 Å². The van der Waals surface area contributed by atoms with Crippen molar-refractivity contribution in [2.45, 2.75) is 19.3 Å². The maximum atomic E-state index is 6.55. The molecule has 6 aromatic carbocycles. The summed E-state index contributed by atoms with van der Waals surface area (Å²) in [4.78, 5) is 10.8. The zero-order chi connectivity index (χ0) is 31.3. The highest BCUT2D eigenvalue weighted by molar-refractivity contribution is 6.13. The highest BCUT2D eigenvalue weighted by Crippen LogP contribution is 2.53. The van der Waals surface area contributed by atoms with Gasteiger partial charge in [0, 0.05) is 27.1 Å². The van der Waals surface area contributed by atoms with Crippen LogP contribution in [0.3, 0.4) is 0 Å². The molecule has 9 aromatic rings. The van der Waals surface area contributed by atoms with Crippen LogP contribution in [0.5, 0.6) is 0 Å². The molecule has 0 radical (unpaired) electrons. The van der Waals surface area contributed by atoms with Crippen LogP contribution in [0, 0.1) is 0 Å². The quantitative estimate of drug-likeness (QED) is 0.202. The molecule has 1 aliphatic rings. The Morgan fingerprint density at radius 2 is 1.30 bits per heavy atom. The van der Waals surface area contributed by atoms with Crippen LogP contribution in [0.25, 0.3) is 83.3 Å². The van der Waals surface area contributed by atoms with Crippen molar-refractivity contribution in [1.82, 2.24) is 14.5 Å². The number of para-hydroxylation sites is 2. The smallest absolute Gasteiger partial charge is 0.236 e. The van der Waals surface area contributed by atoms with Gasteiger partial charge in [-0.15, -0.1) is 0 Å². The van der Waals surface area contributed by atoms with Gasteiger partial charge in [-0.05, 0) is 57.6 Å². The fourth-order valence-electron chi connectivity index (χ4n) is 7.87. The van der Waals surface area contributed by atoms with Crippen LogP contribution in [0.15, 0.2) is 144 Å². The van der Waals surface area contributed by atoms with Crippen LogP contribution >= 0.6 is 0 Å². The van der Waals surface area contributed by atoms with Crippen molar-refractivity contribution < 1.29 is 4.42 Å². The minimum atomic E-state index is -0.211. The number of hydrogen-bond donors (Lipinski definition) is 0. The molecular weight excluding hydrogens is 574 g/mol. The van der Waals surface area contributed by atoms with Crippen LogP contribution in [0.1, 0.15) is 25.0 Å². The topological polar surface area (TPSA) is 43.9 Å². The molecule has 0 spiro atoms. The van der Waals surface area contributed by atoms with E-state index in [1.54, 1.807) is 0 Å². The summed E-state index contributed by atoms with van der Waals surface area (Å²) in [6, 6.07) is 49.2. The number of hydrogen-bond acceptors (Lipinski definition) is 3. The normalized spacial score (nSPS) is 13.5. The van der Waals surface area contributed by atoms with Gasteiger partial charge in [0.2, 0.25) is 5.95 Å². The Morgan fingerprint density at radius 1 is 0.574 bits per heavy atom. The molecule has 1 aliphatic carbocycles. The molecule has 0 unspecified atom stereocenters. The van der Waals surface area contributed by atoms with Gasteiger partial charge in [0.15, 0.2) is 5.58 Å². The van der Waals surface area contributed by atoms with Crippen molar-refractivity contribution in [3.8, 4) is 39.5 Å². The van der Waals surface area contributed by atoms with Crippen LogP contribution in [0.4, 0.5) is 0 Å². The highest BCUT2D eigenvalue weighted by Gasteiger charge is 2.38. The summed E-state index contributed by atoms with van der Waals surface area (Å²) in [7, 11) is 0. The molecule has 0 saturated carbocycles. The summed E-state index contributed by atoms with van der Waals surface area (Å²) in [5, 5.41) is 3.37. The monoisotopic (exact) mass is 603 g/mol. The maximum Gasteiger partial charge on any atom is 0.236 e. The summed E-state index contributed by atoms with van der Waals surface area (Å²) in [5.41, 5.74) is 13.6. The summed E-state index contributed by atoms with van der Waals surface area (Å²) in [6.07, 6.45) is 0. The lowest BCUT2D eigenvalue weighted by molar-refractivity contribution is 0.662. The summed E-state index contributed by atoms with van der Waals surface area (Å²) in [6.45, 7) is 4.68. The predicted octanol–water partition coefficient (Wildman–Crippen LogP) is 11.1. The van der Waals surface area contributed by atoms with Gasteiger partial charge in [-0.3, -0.25) is 4.57 Å². The van der Waals surface area contributed by atoms with Crippen molar-refractivity contribution in [3.63, 3.8) is 0 Å². The molecule has 3 heterocycles. The highest BCUT2D eigenvalue weighted by atomic mass is 16.3. The summed E-state index contributed by atoms with van der Waals surface area (Å²) < 4.78 is 8.84. The van der Waals surface area contributed by atoms with E-state index in [2.05, 4.69) is 134 Å². The summed E-state index contributed by atoms with van der Waals surface area (Å²) in [5.74, 6) is 0.635. The number of nitrogens with zero attached hydrogens (tertiary/aromatic N) is 3. The van der Waals surface area contributed by atoms with E-state index in [1.807, 2.05) is 24.3 Å². The molecule has 222 valence electrons. The zero-order valence-corrected chi connectivity index (χ0v) is 26.0. The summed E-state index contributed by atoms with van der Waals surface area (Å²) >= 11 is 0. The first-order valence-electron chi connectivity index (χ1n) is 16.1. The van der Waals surface area contributed by atoms with Gasteiger partial charge in [-0.2, -0.15) is 0 Å². The van der Waals surface area contributed by atoms with E-state index in [4.69, 9.17) is 14.4 Å². The second kappa shape index (κ2) is 9.51. The van der Waals surface area contributed by atoms with Crippen LogP contribution in [-0.2, 0) is 5.41 Å². The van der Waals surface area contributed by atoms with E-state index >= 15 is 0 Å². The van der Waals surface area contributed by atoms with Crippen molar-refractivity contribution in [1.29, 1.82) is 0 Å². The lowest BCUT2D eigenvalue weighted by Crippen LogP contribution is -2.17. The Balaban J connectivity index is 1.33. The molecule has 0 bridgehead atoms. The average molecular weight is 604 g/mol. The van der Waals surface area contributed by atoms with Crippen LogP contribution < -0.4 is 0 Å². The first kappa shape index (κ1) is 26.2. The van der Waals surface area contributed by atoms with Crippen molar-refractivity contribution in [3.05, 3.63) is 151 Å². The van der Waals surface area contributed by atoms with E-state index in [0.717, 1.165) is 49.9 Å². The van der Waals surface area contributed by atoms with Gasteiger partial charge in [0.1, 0.15) is 16.8 Å². The Morgan fingerprint density at radius 3 is 2.19 bits per heavy atom. The number of aromatic nitrogens is 3. The minimum absolute atomic E-state index is 0.211. The Kier molecular flexibility index (Phi) is 5.31. The molecule has 3 aromatic heterocycles. The lowest BCUT2D eigenvalue weighted by Gasteiger charge is -2.23. The van der Waals surface area contributed by atoms with Crippen molar-refractivity contribution in [2.75, 3.05) is 0 Å². The molecule has 47 heavy (non-hydrogen) atoms. The van der Waals surface area contributed by atoms with Crippen LogP contribution in [0.2, 0.25) is 0 Å².